The first kappa shape index (κ1) is 15.2. The topological polar surface area (TPSA) is 62.3 Å². The van der Waals surface area contributed by atoms with Gasteiger partial charge in [0.25, 0.3) is 0 Å². The third-order valence-corrected chi connectivity index (χ3v) is 3.85. The molecular weight excluding hydrogens is 290 g/mol. The van der Waals surface area contributed by atoms with E-state index >= 15 is 0 Å². The Hall–Kier alpha value is -2.69. The van der Waals surface area contributed by atoms with Crippen LogP contribution in [0.2, 0.25) is 0 Å². The Labute approximate surface area is 135 Å². The van der Waals surface area contributed by atoms with Gasteiger partial charge in [0.1, 0.15) is 5.82 Å². The summed E-state index contributed by atoms with van der Waals surface area (Å²) in [5.74, 6) is 2.29. The molecule has 0 saturated carbocycles. The molecule has 0 unspecified atom stereocenters. The Morgan fingerprint density at radius 3 is 2.48 bits per heavy atom. The largest absolute Gasteiger partial charge is 0.493 e. The van der Waals surface area contributed by atoms with Crippen LogP contribution in [0, 0.1) is 0 Å². The molecule has 0 aliphatic rings. The van der Waals surface area contributed by atoms with Crippen molar-refractivity contribution in [2.75, 3.05) is 20.0 Å². The fourth-order valence-electron chi connectivity index (χ4n) is 2.80. The summed E-state index contributed by atoms with van der Waals surface area (Å²) in [7, 11) is 3.27. The number of ether oxygens (including phenoxy) is 2. The minimum absolute atomic E-state index is 0.681. The molecule has 5 nitrogen and oxygen atoms in total. The van der Waals surface area contributed by atoms with Crippen LogP contribution in [0.4, 0.5) is 5.69 Å². The van der Waals surface area contributed by atoms with Gasteiger partial charge >= 0.3 is 0 Å². The van der Waals surface area contributed by atoms with Crippen molar-refractivity contribution in [3.63, 3.8) is 0 Å². The summed E-state index contributed by atoms with van der Waals surface area (Å²) >= 11 is 0. The predicted octanol–water partition coefficient (Wildman–Crippen LogP) is 3.71. The number of fused-ring (bicyclic) bond motifs is 1. The summed E-state index contributed by atoms with van der Waals surface area (Å²) in [4.78, 5) is 4.80. The number of hydrogen-bond acceptors (Lipinski definition) is 4. The highest BCUT2D eigenvalue weighted by atomic mass is 16.5. The number of nitrogens with two attached hydrogens (primary N) is 1. The van der Waals surface area contributed by atoms with Crippen molar-refractivity contribution in [3.8, 4) is 22.9 Å². The molecule has 0 saturated heterocycles. The van der Waals surface area contributed by atoms with E-state index in [0.29, 0.717) is 11.5 Å². The van der Waals surface area contributed by atoms with Gasteiger partial charge in [-0.05, 0) is 18.6 Å². The summed E-state index contributed by atoms with van der Waals surface area (Å²) in [5, 5.41) is 0. The molecule has 2 N–H and O–H groups in total. The van der Waals surface area contributed by atoms with Gasteiger partial charge in [0.05, 0.1) is 25.3 Å². The van der Waals surface area contributed by atoms with Crippen molar-refractivity contribution in [1.82, 2.24) is 9.55 Å². The molecule has 0 aliphatic carbocycles. The number of hydrogen-bond donors (Lipinski definition) is 1. The first-order chi connectivity index (χ1) is 11.2. The lowest BCUT2D eigenvalue weighted by Crippen LogP contribution is -2.00. The Morgan fingerprint density at radius 1 is 1.09 bits per heavy atom. The monoisotopic (exact) mass is 311 g/mol. The molecule has 0 spiro atoms. The lowest BCUT2D eigenvalue weighted by atomic mass is 10.2. The van der Waals surface area contributed by atoms with E-state index in [1.165, 1.54) is 0 Å². The van der Waals surface area contributed by atoms with Crippen LogP contribution in [0.5, 0.6) is 11.5 Å². The fraction of sp³-hybridized carbons (Fsp3) is 0.278. The van der Waals surface area contributed by atoms with Crippen molar-refractivity contribution >= 4 is 16.7 Å². The molecule has 0 aliphatic heterocycles. The van der Waals surface area contributed by atoms with E-state index in [0.717, 1.165) is 41.1 Å². The zero-order valence-corrected chi connectivity index (χ0v) is 13.7. The zero-order chi connectivity index (χ0) is 16.4. The van der Waals surface area contributed by atoms with Gasteiger partial charge in [0, 0.05) is 29.9 Å². The molecule has 23 heavy (non-hydrogen) atoms. The molecule has 0 amide bonds. The maximum atomic E-state index is 5.93. The summed E-state index contributed by atoms with van der Waals surface area (Å²) in [6.45, 7) is 3.02. The Kier molecular flexibility index (Phi) is 4.10. The van der Waals surface area contributed by atoms with Gasteiger partial charge in [-0.3, -0.25) is 0 Å². The van der Waals surface area contributed by atoms with Gasteiger partial charge in [-0.1, -0.05) is 19.1 Å². The van der Waals surface area contributed by atoms with Crippen molar-refractivity contribution in [2.24, 2.45) is 0 Å². The number of aryl methyl sites for hydroxylation is 1. The Bertz CT molecular complexity index is 840. The number of anilines is 1. The number of rotatable bonds is 5. The molecule has 0 fully saturated rings. The second kappa shape index (κ2) is 6.20. The van der Waals surface area contributed by atoms with E-state index in [9.17, 15) is 0 Å². The number of nitrogens with zero attached hydrogens (tertiary/aromatic N) is 2. The third kappa shape index (κ3) is 2.70. The van der Waals surface area contributed by atoms with Crippen LogP contribution in [0.15, 0.2) is 36.4 Å². The van der Waals surface area contributed by atoms with E-state index in [4.69, 9.17) is 20.2 Å². The molecule has 0 radical (unpaired) electrons. The normalized spacial score (nSPS) is 10.9. The third-order valence-electron chi connectivity index (χ3n) is 3.85. The number of nitrogen functional groups attached to an aromatic ring is 1. The average molecular weight is 311 g/mol. The van der Waals surface area contributed by atoms with Gasteiger partial charge in [0.15, 0.2) is 11.5 Å². The number of aromatic nitrogens is 2. The molecule has 120 valence electrons. The van der Waals surface area contributed by atoms with Crippen LogP contribution in [-0.4, -0.2) is 23.8 Å². The van der Waals surface area contributed by atoms with Crippen LogP contribution in [0.1, 0.15) is 13.3 Å². The summed E-state index contributed by atoms with van der Waals surface area (Å²) < 4.78 is 13.0. The van der Waals surface area contributed by atoms with Crippen LogP contribution in [0.25, 0.3) is 22.4 Å². The van der Waals surface area contributed by atoms with E-state index in [-0.39, 0.29) is 0 Å². The predicted molar refractivity (Wildman–Crippen MR) is 93.0 cm³/mol. The minimum atomic E-state index is 0.681. The van der Waals surface area contributed by atoms with Crippen molar-refractivity contribution in [2.45, 2.75) is 19.9 Å². The SMILES string of the molecule is CCCn1c(-c2cccc(N)c2)nc2cc(OC)c(OC)cc21. The second-order valence-electron chi connectivity index (χ2n) is 5.41. The molecule has 2 aromatic carbocycles. The number of imidazole rings is 1. The van der Waals surface area contributed by atoms with Crippen LogP contribution in [0.3, 0.4) is 0 Å². The highest BCUT2D eigenvalue weighted by Crippen LogP contribution is 2.34. The lowest BCUT2D eigenvalue weighted by molar-refractivity contribution is 0.355. The summed E-state index contributed by atoms with van der Waals surface area (Å²) in [6.07, 6.45) is 1.01. The Balaban J connectivity index is 2.27. The molecule has 1 aromatic heterocycles. The molecule has 0 atom stereocenters. The minimum Gasteiger partial charge on any atom is -0.493 e. The quantitative estimate of drug-likeness (QED) is 0.730. The van der Waals surface area contributed by atoms with Crippen LogP contribution >= 0.6 is 0 Å². The summed E-state index contributed by atoms with van der Waals surface area (Å²) in [6, 6.07) is 11.7. The number of methoxy groups -OCH3 is 2. The summed E-state index contributed by atoms with van der Waals surface area (Å²) in [5.41, 5.74) is 9.58. The van der Waals surface area contributed by atoms with Gasteiger partial charge in [-0.2, -0.15) is 0 Å². The molecule has 3 aromatic rings. The lowest BCUT2D eigenvalue weighted by Gasteiger charge is -2.10. The number of benzene rings is 2. The zero-order valence-electron chi connectivity index (χ0n) is 13.7. The maximum absolute atomic E-state index is 5.93. The second-order valence-corrected chi connectivity index (χ2v) is 5.41. The van der Waals surface area contributed by atoms with E-state index in [1.807, 2.05) is 36.4 Å². The first-order valence-corrected chi connectivity index (χ1v) is 7.66. The molecule has 5 heteroatoms. The van der Waals surface area contributed by atoms with Crippen molar-refractivity contribution in [3.05, 3.63) is 36.4 Å². The average Bonchev–Trinajstić information content (AvgIpc) is 2.91. The van der Waals surface area contributed by atoms with Crippen molar-refractivity contribution < 1.29 is 9.47 Å². The molecule has 0 bridgehead atoms. The highest BCUT2D eigenvalue weighted by molar-refractivity contribution is 5.84. The van der Waals surface area contributed by atoms with Crippen LogP contribution in [-0.2, 0) is 6.54 Å². The van der Waals surface area contributed by atoms with Gasteiger partial charge in [-0.25, -0.2) is 4.98 Å². The van der Waals surface area contributed by atoms with E-state index in [2.05, 4.69) is 11.5 Å². The van der Waals surface area contributed by atoms with Gasteiger partial charge < -0.3 is 19.8 Å². The highest BCUT2D eigenvalue weighted by Gasteiger charge is 2.16. The smallest absolute Gasteiger partial charge is 0.163 e. The van der Waals surface area contributed by atoms with Crippen LogP contribution < -0.4 is 15.2 Å². The fourth-order valence-corrected chi connectivity index (χ4v) is 2.80. The van der Waals surface area contributed by atoms with Crippen molar-refractivity contribution in [1.29, 1.82) is 0 Å². The van der Waals surface area contributed by atoms with E-state index < -0.39 is 0 Å². The Morgan fingerprint density at radius 2 is 1.83 bits per heavy atom. The molecular formula is C18H21N3O2. The molecule has 1 heterocycles. The van der Waals surface area contributed by atoms with E-state index in [1.54, 1.807) is 14.2 Å². The first-order valence-electron chi connectivity index (χ1n) is 7.66. The maximum Gasteiger partial charge on any atom is 0.163 e. The van der Waals surface area contributed by atoms with Gasteiger partial charge in [0.2, 0.25) is 0 Å². The standard InChI is InChI=1S/C18H21N3O2/c1-4-8-21-15-11-17(23-3)16(22-2)10-14(15)20-18(21)12-6-5-7-13(19)9-12/h5-7,9-11H,4,8,19H2,1-3H3. The molecule has 3 rings (SSSR count). The van der Waals surface area contributed by atoms with Gasteiger partial charge in [-0.15, -0.1) is 0 Å².